The lowest BCUT2D eigenvalue weighted by Crippen LogP contribution is -2.47. The summed E-state index contributed by atoms with van der Waals surface area (Å²) in [6.07, 6.45) is 0.524. The zero-order chi connectivity index (χ0) is 19.7. The molecule has 0 bridgehead atoms. The van der Waals surface area contributed by atoms with E-state index < -0.39 is 29.6 Å². The van der Waals surface area contributed by atoms with Gasteiger partial charge in [0.15, 0.2) is 11.6 Å². The number of carbonyl (C=O) groups excluding carboxylic acids is 1. The predicted molar refractivity (Wildman–Crippen MR) is 93.7 cm³/mol. The number of urea groups is 1. The molecule has 2 unspecified atom stereocenters. The summed E-state index contributed by atoms with van der Waals surface area (Å²) in [4.78, 5) is 25.2. The second kappa shape index (κ2) is 7.34. The summed E-state index contributed by atoms with van der Waals surface area (Å²) in [5, 5.41) is 16.0. The molecule has 1 aliphatic heterocycles. The van der Waals surface area contributed by atoms with Crippen molar-refractivity contribution in [2.75, 3.05) is 18.4 Å². The number of hydrogen-bond donors (Lipinski definition) is 2. The summed E-state index contributed by atoms with van der Waals surface area (Å²) in [6.45, 7) is 4.14. The minimum atomic E-state index is -0.925. The number of aromatic nitrogens is 2. The van der Waals surface area contributed by atoms with Gasteiger partial charge in [-0.3, -0.25) is 10.1 Å². The maximum absolute atomic E-state index is 14.0. The number of likely N-dealkylation sites (tertiary alicyclic amines) is 1. The first-order chi connectivity index (χ1) is 12.7. The van der Waals surface area contributed by atoms with E-state index in [1.165, 1.54) is 15.6 Å². The summed E-state index contributed by atoms with van der Waals surface area (Å²) in [5.74, 6) is -2.72. The van der Waals surface area contributed by atoms with E-state index in [1.807, 2.05) is 6.92 Å². The number of aryl methyl sites for hydroxylation is 1. The van der Waals surface area contributed by atoms with Crippen molar-refractivity contribution < 1.29 is 23.5 Å². The van der Waals surface area contributed by atoms with Gasteiger partial charge in [-0.15, -0.1) is 5.10 Å². The number of halogens is 2. The van der Waals surface area contributed by atoms with Crippen LogP contribution in [0.2, 0.25) is 0 Å². The number of nitrogens with zero attached hydrogens (tertiary/aromatic N) is 3. The number of piperidine rings is 1. The highest BCUT2D eigenvalue weighted by atomic mass is 19.1. The molecule has 2 amide bonds. The molecule has 0 radical (unpaired) electrons. The Morgan fingerprint density at radius 2 is 2.00 bits per heavy atom. The first-order valence-electron chi connectivity index (χ1n) is 8.55. The van der Waals surface area contributed by atoms with E-state index in [0.717, 1.165) is 12.1 Å². The molecule has 2 atom stereocenters. The number of rotatable bonds is 3. The molecule has 1 aromatic carbocycles. The van der Waals surface area contributed by atoms with Gasteiger partial charge >= 0.3 is 12.0 Å². The molecule has 1 fully saturated rings. The van der Waals surface area contributed by atoms with E-state index in [1.54, 1.807) is 13.0 Å². The van der Waals surface area contributed by atoms with E-state index in [-0.39, 0.29) is 24.0 Å². The van der Waals surface area contributed by atoms with Gasteiger partial charge in [0.2, 0.25) is 0 Å². The zero-order valence-corrected chi connectivity index (χ0v) is 14.9. The lowest BCUT2D eigenvalue weighted by atomic mass is 9.91. The van der Waals surface area contributed by atoms with Crippen LogP contribution in [-0.2, 0) is 4.79 Å². The minimum absolute atomic E-state index is 0.0620. The summed E-state index contributed by atoms with van der Waals surface area (Å²) in [6, 6.07) is 4.24. The van der Waals surface area contributed by atoms with Crippen LogP contribution in [0.5, 0.6) is 0 Å². The summed E-state index contributed by atoms with van der Waals surface area (Å²) in [7, 11) is 0. The Hall–Kier alpha value is -2.97. The Morgan fingerprint density at radius 3 is 2.67 bits per heavy atom. The monoisotopic (exact) mass is 378 g/mol. The number of hydrogen-bond acceptors (Lipinski definition) is 3. The van der Waals surface area contributed by atoms with Crippen LogP contribution in [-0.4, -0.2) is 44.9 Å². The molecule has 0 spiro atoms. The summed E-state index contributed by atoms with van der Waals surface area (Å²) >= 11 is 0. The Kier molecular flexibility index (Phi) is 5.11. The van der Waals surface area contributed by atoms with E-state index >= 15 is 0 Å². The summed E-state index contributed by atoms with van der Waals surface area (Å²) in [5.41, 5.74) is 0.609. The maximum Gasteiger partial charge on any atom is 0.323 e. The van der Waals surface area contributed by atoms with Crippen molar-refractivity contribution in [2.24, 2.45) is 11.8 Å². The molecule has 3 rings (SSSR count). The number of amides is 2. The van der Waals surface area contributed by atoms with Gasteiger partial charge in [0, 0.05) is 30.9 Å². The van der Waals surface area contributed by atoms with Gasteiger partial charge < -0.3 is 10.0 Å². The standard InChI is InChI=1S/C18H20F2N4O3/c1-10-5-12(17(25)26)9-23(8-10)18(27)21-16-6-11(2)24(22-16)15-4-3-13(19)7-14(15)20/h3-4,6-7,10,12H,5,8-9H2,1-2H3,(H,25,26)(H,21,22,27). The maximum atomic E-state index is 14.0. The molecule has 1 aromatic heterocycles. The SMILES string of the molecule is Cc1cc(NC(=O)N2CC(C)CC(C(=O)O)C2)nn1-c1ccc(F)cc1F. The first-order valence-corrected chi connectivity index (χ1v) is 8.55. The second-order valence-electron chi connectivity index (χ2n) is 6.89. The highest BCUT2D eigenvalue weighted by molar-refractivity contribution is 5.89. The third kappa shape index (κ3) is 4.07. The quantitative estimate of drug-likeness (QED) is 0.859. The van der Waals surface area contributed by atoms with Gasteiger partial charge in [-0.25, -0.2) is 18.3 Å². The number of aliphatic carboxylic acids is 1. The van der Waals surface area contributed by atoms with Crippen LogP contribution < -0.4 is 5.32 Å². The van der Waals surface area contributed by atoms with Crippen molar-refractivity contribution in [3.8, 4) is 5.69 Å². The first kappa shape index (κ1) is 18.8. The third-order valence-corrected chi connectivity index (χ3v) is 4.56. The van der Waals surface area contributed by atoms with E-state index in [4.69, 9.17) is 0 Å². The van der Waals surface area contributed by atoms with Crippen molar-refractivity contribution in [3.05, 3.63) is 41.6 Å². The molecule has 2 N–H and O–H groups in total. The fourth-order valence-corrected chi connectivity index (χ4v) is 3.32. The number of nitrogens with one attached hydrogen (secondary N) is 1. The highest BCUT2D eigenvalue weighted by Crippen LogP contribution is 2.23. The van der Waals surface area contributed by atoms with Crippen LogP contribution in [0.3, 0.4) is 0 Å². The van der Waals surface area contributed by atoms with E-state index in [0.29, 0.717) is 18.7 Å². The van der Waals surface area contributed by atoms with Gasteiger partial charge in [0.1, 0.15) is 11.5 Å². The van der Waals surface area contributed by atoms with Gasteiger partial charge in [0.25, 0.3) is 0 Å². The fourth-order valence-electron chi connectivity index (χ4n) is 3.32. The highest BCUT2D eigenvalue weighted by Gasteiger charge is 2.32. The zero-order valence-electron chi connectivity index (χ0n) is 14.9. The van der Waals surface area contributed by atoms with Crippen LogP contribution in [0.25, 0.3) is 5.69 Å². The van der Waals surface area contributed by atoms with Crippen molar-refractivity contribution in [1.29, 1.82) is 0 Å². The smallest absolute Gasteiger partial charge is 0.323 e. The van der Waals surface area contributed by atoms with Gasteiger partial charge in [-0.2, -0.15) is 0 Å². The van der Waals surface area contributed by atoms with Gasteiger partial charge in [-0.05, 0) is 31.4 Å². The third-order valence-electron chi connectivity index (χ3n) is 4.56. The largest absolute Gasteiger partial charge is 0.481 e. The lowest BCUT2D eigenvalue weighted by molar-refractivity contribution is -0.143. The average Bonchev–Trinajstić information content (AvgIpc) is 2.94. The Morgan fingerprint density at radius 1 is 1.26 bits per heavy atom. The van der Waals surface area contributed by atoms with Crippen LogP contribution in [0.4, 0.5) is 19.4 Å². The Bertz CT molecular complexity index is 883. The van der Waals surface area contributed by atoms with Crippen molar-refractivity contribution in [1.82, 2.24) is 14.7 Å². The minimum Gasteiger partial charge on any atom is -0.481 e. The Labute approximate surface area is 154 Å². The predicted octanol–water partition coefficient (Wildman–Crippen LogP) is 3.03. The van der Waals surface area contributed by atoms with Crippen molar-refractivity contribution in [2.45, 2.75) is 20.3 Å². The molecule has 1 aliphatic rings. The molecule has 7 nitrogen and oxygen atoms in total. The van der Waals surface area contributed by atoms with Crippen molar-refractivity contribution >= 4 is 17.8 Å². The Balaban J connectivity index is 1.76. The molecule has 0 saturated carbocycles. The summed E-state index contributed by atoms with van der Waals surface area (Å²) < 4.78 is 28.3. The van der Waals surface area contributed by atoms with E-state index in [9.17, 15) is 23.5 Å². The molecule has 27 heavy (non-hydrogen) atoms. The average molecular weight is 378 g/mol. The molecule has 144 valence electrons. The number of carbonyl (C=O) groups is 2. The number of benzene rings is 1. The molecule has 0 aliphatic carbocycles. The fraction of sp³-hybridized carbons (Fsp3) is 0.389. The molecule has 1 saturated heterocycles. The van der Waals surface area contributed by atoms with Crippen LogP contribution in [0.1, 0.15) is 19.0 Å². The number of carboxylic acids is 1. The van der Waals surface area contributed by atoms with Crippen LogP contribution in [0.15, 0.2) is 24.3 Å². The van der Waals surface area contributed by atoms with E-state index in [2.05, 4.69) is 10.4 Å². The molecule has 2 heterocycles. The van der Waals surface area contributed by atoms with Crippen LogP contribution >= 0.6 is 0 Å². The molecule has 9 heteroatoms. The lowest BCUT2D eigenvalue weighted by Gasteiger charge is -2.34. The van der Waals surface area contributed by atoms with Gasteiger partial charge in [-0.1, -0.05) is 6.92 Å². The van der Waals surface area contributed by atoms with Crippen molar-refractivity contribution in [3.63, 3.8) is 0 Å². The normalized spacial score (nSPS) is 19.8. The topological polar surface area (TPSA) is 87.5 Å². The number of carboxylic acid groups (broad SMARTS) is 1. The van der Waals surface area contributed by atoms with Gasteiger partial charge in [0.05, 0.1) is 5.92 Å². The number of anilines is 1. The molecule has 2 aromatic rings. The molecular weight excluding hydrogens is 358 g/mol. The molecular formula is C18H20F2N4O3. The second-order valence-corrected chi connectivity index (χ2v) is 6.89. The van der Waals surface area contributed by atoms with Crippen LogP contribution in [0, 0.1) is 30.4 Å².